The molecule has 0 aliphatic heterocycles. The van der Waals surface area contributed by atoms with Gasteiger partial charge in [0, 0.05) is 11.5 Å². The minimum Gasteiger partial charge on any atom is -0.494 e. The van der Waals surface area contributed by atoms with Crippen LogP contribution in [0.15, 0.2) is 42.5 Å². The summed E-state index contributed by atoms with van der Waals surface area (Å²) < 4.78 is 16.0. The molecule has 1 amide bonds. The fourth-order valence-electron chi connectivity index (χ4n) is 2.87. The van der Waals surface area contributed by atoms with Crippen molar-refractivity contribution in [3.8, 4) is 17.2 Å². The van der Waals surface area contributed by atoms with Gasteiger partial charge in [-0.1, -0.05) is 6.07 Å². The predicted molar refractivity (Wildman–Crippen MR) is 105 cm³/mol. The number of anilines is 1. The van der Waals surface area contributed by atoms with E-state index in [1.54, 1.807) is 44.6 Å². The van der Waals surface area contributed by atoms with Crippen LogP contribution in [-0.2, 0) is 11.2 Å². The van der Waals surface area contributed by atoms with Crippen molar-refractivity contribution in [1.29, 1.82) is 0 Å². The van der Waals surface area contributed by atoms with Gasteiger partial charge in [0.2, 0.25) is 5.91 Å². The number of ether oxygens (including phenoxy) is 3. The van der Waals surface area contributed by atoms with E-state index < -0.39 is 5.92 Å². The van der Waals surface area contributed by atoms with Crippen LogP contribution in [0, 0.1) is 0 Å². The van der Waals surface area contributed by atoms with Crippen LogP contribution in [-0.4, -0.2) is 42.3 Å². The van der Waals surface area contributed by atoms with Gasteiger partial charge in [-0.05, 0) is 55.3 Å². The van der Waals surface area contributed by atoms with E-state index in [0.717, 1.165) is 11.3 Å². The number of nitrogens with one attached hydrogen (secondary N) is 1. The van der Waals surface area contributed by atoms with Crippen molar-refractivity contribution in [3.05, 3.63) is 53.9 Å². The zero-order chi connectivity index (χ0) is 20.6. The summed E-state index contributed by atoms with van der Waals surface area (Å²) >= 11 is 0. The quantitative estimate of drug-likeness (QED) is 0.586. The third-order valence-electron chi connectivity index (χ3n) is 4.28. The Balaban J connectivity index is 1.79. The standard InChI is InChI=1S/C20H23N5O4/c1-4-29-15-8-6-14(7-9-15)21-20(26)16(19-22-24-25-23-19)11-13-5-10-17(27-2)18(12-13)28-3/h5-10,12,16H,4,11H2,1-3H3,(H2,21,22,23,24,25,26)/p-1/t16-/m1/s1. The lowest BCUT2D eigenvalue weighted by Crippen LogP contribution is -2.24. The van der Waals surface area contributed by atoms with E-state index in [2.05, 4.69) is 25.9 Å². The van der Waals surface area contributed by atoms with E-state index >= 15 is 0 Å². The predicted octanol–water partition coefficient (Wildman–Crippen LogP) is 2.21. The molecule has 1 N–H and O–H groups in total. The Morgan fingerprint density at radius 1 is 1.10 bits per heavy atom. The minimum absolute atomic E-state index is 0.253. The summed E-state index contributed by atoms with van der Waals surface area (Å²) in [6, 6.07) is 12.6. The van der Waals surface area contributed by atoms with Crippen LogP contribution in [0.3, 0.4) is 0 Å². The van der Waals surface area contributed by atoms with Crippen LogP contribution in [0.25, 0.3) is 0 Å². The normalized spacial score (nSPS) is 11.6. The maximum atomic E-state index is 13.0. The number of hydrogen-bond acceptors (Lipinski definition) is 7. The van der Waals surface area contributed by atoms with Crippen LogP contribution in [0.4, 0.5) is 5.69 Å². The van der Waals surface area contributed by atoms with Crippen LogP contribution in [0.2, 0.25) is 0 Å². The highest BCUT2D eigenvalue weighted by Crippen LogP contribution is 2.30. The lowest BCUT2D eigenvalue weighted by molar-refractivity contribution is -0.117. The molecule has 3 rings (SSSR count). The van der Waals surface area contributed by atoms with Gasteiger partial charge in [-0.3, -0.25) is 15.1 Å². The molecule has 9 nitrogen and oxygen atoms in total. The van der Waals surface area contributed by atoms with Gasteiger partial charge >= 0.3 is 0 Å². The fraction of sp³-hybridized carbons (Fsp3) is 0.300. The highest BCUT2D eigenvalue weighted by atomic mass is 16.5. The van der Waals surface area contributed by atoms with E-state index in [9.17, 15) is 4.79 Å². The molecule has 0 bridgehead atoms. The van der Waals surface area contributed by atoms with E-state index in [1.165, 1.54) is 0 Å². The molecule has 0 spiro atoms. The van der Waals surface area contributed by atoms with E-state index in [0.29, 0.717) is 30.2 Å². The summed E-state index contributed by atoms with van der Waals surface area (Å²) in [4.78, 5) is 13.0. The second-order valence-electron chi connectivity index (χ2n) is 6.13. The summed E-state index contributed by atoms with van der Waals surface area (Å²) in [6.45, 7) is 2.49. The molecular weight excluding hydrogens is 374 g/mol. The molecule has 9 heteroatoms. The highest BCUT2D eigenvalue weighted by Gasteiger charge is 2.22. The lowest BCUT2D eigenvalue weighted by atomic mass is 9.97. The minimum atomic E-state index is -0.672. The molecule has 0 fully saturated rings. The maximum Gasteiger partial charge on any atom is 0.232 e. The number of aromatic nitrogens is 4. The van der Waals surface area contributed by atoms with Crippen molar-refractivity contribution < 1.29 is 19.0 Å². The molecule has 0 saturated carbocycles. The number of tetrazole rings is 1. The molecule has 0 unspecified atom stereocenters. The number of hydrogen-bond donors (Lipinski definition) is 1. The number of amides is 1. The SMILES string of the molecule is CCOc1ccc(NC(=O)[C@H](Cc2ccc(OC)c(OC)c2)c2nnn[n-]2)cc1. The third kappa shape index (κ3) is 5.01. The van der Waals surface area contributed by atoms with Crippen molar-refractivity contribution in [2.45, 2.75) is 19.3 Å². The Bertz CT molecular complexity index is 929. The van der Waals surface area contributed by atoms with Crippen molar-refractivity contribution in [1.82, 2.24) is 20.6 Å². The first-order chi connectivity index (χ1) is 14.1. The number of benzene rings is 2. The molecule has 0 radical (unpaired) electrons. The zero-order valence-corrected chi connectivity index (χ0v) is 16.5. The van der Waals surface area contributed by atoms with E-state index in [1.807, 2.05) is 19.1 Å². The molecule has 1 aromatic heterocycles. The molecule has 1 heterocycles. The number of rotatable bonds is 9. The van der Waals surface area contributed by atoms with Crippen LogP contribution in [0.5, 0.6) is 17.2 Å². The van der Waals surface area contributed by atoms with E-state index in [4.69, 9.17) is 14.2 Å². The molecule has 3 aromatic rings. The maximum absolute atomic E-state index is 13.0. The molecular formula is C20H22N5O4-. The zero-order valence-electron chi connectivity index (χ0n) is 16.5. The fourth-order valence-corrected chi connectivity index (χ4v) is 2.87. The van der Waals surface area contributed by atoms with Crippen molar-refractivity contribution in [2.24, 2.45) is 0 Å². The van der Waals surface area contributed by atoms with Gasteiger partial charge in [-0.15, -0.1) is 0 Å². The van der Waals surface area contributed by atoms with E-state index in [-0.39, 0.29) is 11.7 Å². The van der Waals surface area contributed by atoms with Crippen molar-refractivity contribution >= 4 is 11.6 Å². The van der Waals surface area contributed by atoms with Gasteiger partial charge in [-0.2, -0.15) is 5.21 Å². The number of carbonyl (C=O) groups excluding carboxylic acids is 1. The molecule has 0 aliphatic rings. The van der Waals surface area contributed by atoms with Crippen LogP contribution < -0.4 is 24.6 Å². The number of nitrogens with zero attached hydrogens (tertiary/aromatic N) is 4. The second-order valence-corrected chi connectivity index (χ2v) is 6.13. The van der Waals surface area contributed by atoms with Crippen LogP contribution in [0.1, 0.15) is 24.2 Å². The largest absolute Gasteiger partial charge is 0.494 e. The molecule has 152 valence electrons. The average molecular weight is 396 g/mol. The Morgan fingerprint density at radius 3 is 2.48 bits per heavy atom. The molecule has 1 atom stereocenters. The van der Waals surface area contributed by atoms with Gasteiger partial charge in [0.25, 0.3) is 0 Å². The third-order valence-corrected chi connectivity index (χ3v) is 4.28. The first kappa shape index (κ1) is 20.1. The summed E-state index contributed by atoms with van der Waals surface area (Å²) in [7, 11) is 3.13. The first-order valence-electron chi connectivity index (χ1n) is 9.07. The summed E-state index contributed by atoms with van der Waals surface area (Å²) in [5.74, 6) is 1.24. The van der Waals surface area contributed by atoms with Gasteiger partial charge < -0.3 is 24.6 Å². The van der Waals surface area contributed by atoms with Gasteiger partial charge in [0.05, 0.1) is 26.7 Å². The molecule has 2 aromatic carbocycles. The summed E-state index contributed by atoms with van der Waals surface area (Å²) in [6.07, 6.45) is 0.344. The van der Waals surface area contributed by atoms with Gasteiger partial charge in [-0.25, -0.2) is 0 Å². The topological polar surface area (TPSA) is 110 Å². The molecule has 0 aliphatic carbocycles. The molecule has 0 saturated heterocycles. The van der Waals surface area contributed by atoms with Gasteiger partial charge in [0.15, 0.2) is 11.5 Å². The average Bonchev–Trinajstić information content (AvgIpc) is 3.27. The summed E-state index contributed by atoms with van der Waals surface area (Å²) in [5, 5.41) is 17.7. The lowest BCUT2D eigenvalue weighted by Gasteiger charge is -2.18. The van der Waals surface area contributed by atoms with Gasteiger partial charge in [0.1, 0.15) is 5.75 Å². The summed E-state index contributed by atoms with van der Waals surface area (Å²) in [5.41, 5.74) is 1.50. The van der Waals surface area contributed by atoms with Crippen molar-refractivity contribution in [2.75, 3.05) is 26.1 Å². The number of methoxy groups -OCH3 is 2. The Kier molecular flexibility index (Phi) is 6.62. The highest BCUT2D eigenvalue weighted by molar-refractivity contribution is 5.95. The monoisotopic (exact) mass is 396 g/mol. The number of carbonyl (C=O) groups is 1. The second kappa shape index (κ2) is 9.54. The van der Waals surface area contributed by atoms with Crippen LogP contribution >= 0.6 is 0 Å². The van der Waals surface area contributed by atoms with Crippen molar-refractivity contribution in [3.63, 3.8) is 0 Å². The first-order valence-corrected chi connectivity index (χ1v) is 9.07. The Morgan fingerprint density at radius 2 is 1.86 bits per heavy atom. The molecule has 29 heavy (non-hydrogen) atoms. The smallest absolute Gasteiger partial charge is 0.232 e. The Hall–Kier alpha value is -3.62. The Labute approximate surface area is 168 Å².